The molecule has 18 heavy (non-hydrogen) atoms. The second-order valence-electron chi connectivity index (χ2n) is 4.46. The van der Waals surface area contributed by atoms with Gasteiger partial charge in [0.05, 0.1) is 32.2 Å². The standard InChI is InChI=1S/C14H17NO3/c1-2-4-14-13(3-1)11(9-18-14)7-15-8-12-10-16-5-6-17-12/h1-4,9,12,15H,5-8,10H2. The Morgan fingerprint density at radius 1 is 1.22 bits per heavy atom. The summed E-state index contributed by atoms with van der Waals surface area (Å²) in [5, 5.41) is 4.56. The van der Waals surface area contributed by atoms with E-state index in [0.717, 1.165) is 18.7 Å². The fourth-order valence-electron chi connectivity index (χ4n) is 2.19. The Morgan fingerprint density at radius 2 is 2.17 bits per heavy atom. The molecule has 1 aliphatic heterocycles. The van der Waals surface area contributed by atoms with Crippen LogP contribution in [0.3, 0.4) is 0 Å². The van der Waals surface area contributed by atoms with E-state index in [1.54, 1.807) is 0 Å². The highest BCUT2D eigenvalue weighted by Gasteiger charge is 2.13. The Balaban J connectivity index is 1.56. The molecule has 0 amide bonds. The van der Waals surface area contributed by atoms with Crippen molar-refractivity contribution in [2.24, 2.45) is 0 Å². The second kappa shape index (κ2) is 5.52. The van der Waals surface area contributed by atoms with Crippen LogP contribution in [0.15, 0.2) is 34.9 Å². The van der Waals surface area contributed by atoms with Crippen LogP contribution < -0.4 is 5.32 Å². The molecule has 4 nitrogen and oxygen atoms in total. The summed E-state index contributed by atoms with van der Waals surface area (Å²) < 4.78 is 16.4. The van der Waals surface area contributed by atoms with E-state index in [2.05, 4.69) is 11.4 Å². The number of hydrogen-bond donors (Lipinski definition) is 1. The third-order valence-electron chi connectivity index (χ3n) is 3.13. The van der Waals surface area contributed by atoms with E-state index < -0.39 is 0 Å². The van der Waals surface area contributed by atoms with Gasteiger partial charge in [0.2, 0.25) is 0 Å². The molecule has 0 radical (unpaired) electrons. The van der Waals surface area contributed by atoms with Gasteiger partial charge in [0.15, 0.2) is 0 Å². The van der Waals surface area contributed by atoms with E-state index in [-0.39, 0.29) is 6.10 Å². The molecule has 1 N–H and O–H groups in total. The quantitative estimate of drug-likeness (QED) is 0.896. The molecular formula is C14H17NO3. The van der Waals surface area contributed by atoms with Crippen LogP contribution in [0.25, 0.3) is 11.0 Å². The number of para-hydroxylation sites is 1. The van der Waals surface area contributed by atoms with Crippen molar-refractivity contribution in [1.82, 2.24) is 5.32 Å². The molecule has 1 aromatic heterocycles. The highest BCUT2D eigenvalue weighted by Crippen LogP contribution is 2.20. The van der Waals surface area contributed by atoms with Gasteiger partial charge in [-0.2, -0.15) is 0 Å². The number of ether oxygens (including phenoxy) is 2. The van der Waals surface area contributed by atoms with Crippen molar-refractivity contribution in [1.29, 1.82) is 0 Å². The Morgan fingerprint density at radius 3 is 3.06 bits per heavy atom. The molecule has 1 saturated heterocycles. The van der Waals surface area contributed by atoms with Crippen LogP contribution in [0.4, 0.5) is 0 Å². The van der Waals surface area contributed by atoms with E-state index in [0.29, 0.717) is 19.8 Å². The van der Waals surface area contributed by atoms with Gasteiger partial charge in [0.25, 0.3) is 0 Å². The Kier molecular flexibility index (Phi) is 3.59. The first-order chi connectivity index (χ1) is 8.93. The zero-order chi connectivity index (χ0) is 12.2. The van der Waals surface area contributed by atoms with E-state index in [9.17, 15) is 0 Å². The molecule has 96 valence electrons. The van der Waals surface area contributed by atoms with Gasteiger partial charge in [0.1, 0.15) is 5.58 Å². The minimum absolute atomic E-state index is 0.164. The molecule has 1 fully saturated rings. The normalized spacial score (nSPS) is 20.3. The van der Waals surface area contributed by atoms with Crippen molar-refractivity contribution in [3.05, 3.63) is 36.1 Å². The van der Waals surface area contributed by atoms with Crippen LogP contribution in [-0.2, 0) is 16.0 Å². The maximum absolute atomic E-state index is 5.57. The third kappa shape index (κ3) is 2.56. The minimum atomic E-state index is 0.164. The van der Waals surface area contributed by atoms with Gasteiger partial charge < -0.3 is 19.2 Å². The Labute approximate surface area is 106 Å². The van der Waals surface area contributed by atoms with Crippen LogP contribution in [0.5, 0.6) is 0 Å². The van der Waals surface area contributed by atoms with Gasteiger partial charge in [-0.05, 0) is 6.07 Å². The highest BCUT2D eigenvalue weighted by atomic mass is 16.6. The van der Waals surface area contributed by atoms with Crippen LogP contribution in [0.2, 0.25) is 0 Å². The molecule has 2 aromatic rings. The number of benzene rings is 1. The van der Waals surface area contributed by atoms with Crippen molar-refractivity contribution in [3.8, 4) is 0 Å². The molecule has 0 aliphatic carbocycles. The summed E-state index contributed by atoms with van der Waals surface area (Å²) in [6, 6.07) is 8.07. The van der Waals surface area contributed by atoms with Gasteiger partial charge in [-0.3, -0.25) is 0 Å². The lowest BCUT2D eigenvalue weighted by Crippen LogP contribution is -2.37. The molecular weight excluding hydrogens is 230 g/mol. The Bertz CT molecular complexity index is 502. The average Bonchev–Trinajstić information content (AvgIpc) is 2.84. The summed E-state index contributed by atoms with van der Waals surface area (Å²) in [7, 11) is 0. The summed E-state index contributed by atoms with van der Waals surface area (Å²) >= 11 is 0. The fourth-order valence-corrected chi connectivity index (χ4v) is 2.19. The zero-order valence-corrected chi connectivity index (χ0v) is 10.2. The van der Waals surface area contributed by atoms with Gasteiger partial charge in [0, 0.05) is 24.0 Å². The smallest absolute Gasteiger partial charge is 0.134 e. The molecule has 1 unspecified atom stereocenters. The maximum Gasteiger partial charge on any atom is 0.134 e. The monoisotopic (exact) mass is 247 g/mol. The number of furan rings is 1. The average molecular weight is 247 g/mol. The van der Waals surface area contributed by atoms with Gasteiger partial charge >= 0.3 is 0 Å². The third-order valence-corrected chi connectivity index (χ3v) is 3.13. The molecule has 3 rings (SSSR count). The van der Waals surface area contributed by atoms with Crippen molar-refractivity contribution >= 4 is 11.0 Å². The first kappa shape index (κ1) is 11.7. The van der Waals surface area contributed by atoms with Crippen LogP contribution in [0, 0.1) is 0 Å². The van der Waals surface area contributed by atoms with Gasteiger partial charge in [-0.25, -0.2) is 0 Å². The first-order valence-electron chi connectivity index (χ1n) is 6.28. The Hall–Kier alpha value is -1.36. The van der Waals surface area contributed by atoms with Gasteiger partial charge in [-0.1, -0.05) is 18.2 Å². The van der Waals surface area contributed by atoms with Crippen LogP contribution >= 0.6 is 0 Å². The van der Waals surface area contributed by atoms with Crippen LogP contribution in [0.1, 0.15) is 5.56 Å². The van der Waals surface area contributed by atoms with Gasteiger partial charge in [-0.15, -0.1) is 0 Å². The predicted octanol–water partition coefficient (Wildman–Crippen LogP) is 1.94. The molecule has 0 bridgehead atoms. The molecule has 0 spiro atoms. The van der Waals surface area contributed by atoms with E-state index in [4.69, 9.17) is 13.9 Å². The molecule has 0 saturated carbocycles. The van der Waals surface area contributed by atoms with Crippen molar-refractivity contribution in [3.63, 3.8) is 0 Å². The predicted molar refractivity (Wildman–Crippen MR) is 68.5 cm³/mol. The SMILES string of the molecule is c1ccc2c(CNCC3COCCO3)coc2c1. The second-order valence-corrected chi connectivity index (χ2v) is 4.46. The molecule has 1 aliphatic rings. The van der Waals surface area contributed by atoms with E-state index >= 15 is 0 Å². The number of hydrogen-bond acceptors (Lipinski definition) is 4. The van der Waals surface area contributed by atoms with Crippen molar-refractivity contribution in [2.45, 2.75) is 12.6 Å². The first-order valence-corrected chi connectivity index (χ1v) is 6.28. The summed E-state index contributed by atoms with van der Waals surface area (Å²) in [5.74, 6) is 0. The maximum atomic E-state index is 5.57. The molecule has 1 atom stereocenters. The zero-order valence-electron chi connectivity index (χ0n) is 10.2. The topological polar surface area (TPSA) is 43.6 Å². The largest absolute Gasteiger partial charge is 0.464 e. The van der Waals surface area contributed by atoms with E-state index in [1.807, 2.05) is 24.5 Å². The minimum Gasteiger partial charge on any atom is -0.464 e. The number of nitrogens with one attached hydrogen (secondary N) is 1. The lowest BCUT2D eigenvalue weighted by atomic mass is 10.2. The van der Waals surface area contributed by atoms with E-state index in [1.165, 1.54) is 10.9 Å². The number of rotatable bonds is 4. The molecule has 2 heterocycles. The van der Waals surface area contributed by atoms with Crippen molar-refractivity contribution in [2.75, 3.05) is 26.4 Å². The lowest BCUT2D eigenvalue weighted by molar-refractivity contribution is -0.0864. The summed E-state index contributed by atoms with van der Waals surface area (Å²) in [6.07, 6.45) is 1.98. The summed E-state index contributed by atoms with van der Waals surface area (Å²) in [5.41, 5.74) is 2.12. The molecule has 4 heteroatoms. The summed E-state index contributed by atoms with van der Waals surface area (Å²) in [6.45, 7) is 3.68. The van der Waals surface area contributed by atoms with Crippen LogP contribution in [-0.4, -0.2) is 32.5 Å². The lowest BCUT2D eigenvalue weighted by Gasteiger charge is -2.23. The highest BCUT2D eigenvalue weighted by molar-refractivity contribution is 5.80. The summed E-state index contributed by atoms with van der Waals surface area (Å²) in [4.78, 5) is 0. The fraction of sp³-hybridized carbons (Fsp3) is 0.429. The van der Waals surface area contributed by atoms with Crippen molar-refractivity contribution < 1.29 is 13.9 Å². The molecule has 1 aromatic carbocycles. The number of fused-ring (bicyclic) bond motifs is 1.